The van der Waals surface area contributed by atoms with Crippen molar-refractivity contribution in [3.8, 4) is 6.07 Å². The fourth-order valence-electron chi connectivity index (χ4n) is 3.12. The largest absolute Gasteiger partial charge is 0.469 e. The Bertz CT molecular complexity index is 726. The first kappa shape index (κ1) is 17.2. The van der Waals surface area contributed by atoms with Crippen LogP contribution < -0.4 is 0 Å². The second-order valence-corrected chi connectivity index (χ2v) is 6.31. The Hall–Kier alpha value is -2.58. The first-order chi connectivity index (χ1) is 12.2. The number of ether oxygens (including phenoxy) is 1. The molecule has 5 nitrogen and oxygen atoms in total. The van der Waals surface area contributed by atoms with Crippen molar-refractivity contribution in [3.05, 3.63) is 59.5 Å². The van der Waals surface area contributed by atoms with Gasteiger partial charge in [-0.05, 0) is 36.6 Å². The molecule has 1 aromatic carbocycles. The lowest BCUT2D eigenvalue weighted by Gasteiger charge is -2.31. The van der Waals surface area contributed by atoms with E-state index >= 15 is 0 Å². The third kappa shape index (κ3) is 4.94. The number of benzene rings is 1. The van der Waals surface area contributed by atoms with Crippen LogP contribution in [0.2, 0.25) is 0 Å². The summed E-state index contributed by atoms with van der Waals surface area (Å²) in [5.41, 5.74) is 1.79. The van der Waals surface area contributed by atoms with E-state index in [0.29, 0.717) is 12.8 Å². The molecule has 0 saturated carbocycles. The summed E-state index contributed by atoms with van der Waals surface area (Å²) in [6.45, 7) is 2.51. The van der Waals surface area contributed by atoms with Crippen LogP contribution in [0.3, 0.4) is 0 Å². The zero-order chi connectivity index (χ0) is 17.5. The number of carbonyl (C=O) groups is 1. The Morgan fingerprint density at radius 2 is 2.04 bits per heavy atom. The standard InChI is InChI=1S/C20H22N2O3/c21-14-16-4-1-2-5-17(16)15-22-11-9-19(10-12-22)25-20(23)8-7-18-6-3-13-24-18/h1-6,13,19H,7-12,15H2. The van der Waals surface area contributed by atoms with Crippen molar-refractivity contribution in [2.75, 3.05) is 13.1 Å². The number of hydrogen-bond acceptors (Lipinski definition) is 5. The monoisotopic (exact) mass is 338 g/mol. The van der Waals surface area contributed by atoms with Gasteiger partial charge >= 0.3 is 5.97 Å². The number of esters is 1. The summed E-state index contributed by atoms with van der Waals surface area (Å²) in [7, 11) is 0. The van der Waals surface area contributed by atoms with Crippen molar-refractivity contribution in [3.63, 3.8) is 0 Å². The average molecular weight is 338 g/mol. The molecule has 0 atom stereocenters. The van der Waals surface area contributed by atoms with Gasteiger partial charge < -0.3 is 9.15 Å². The van der Waals surface area contributed by atoms with E-state index in [2.05, 4.69) is 11.0 Å². The summed E-state index contributed by atoms with van der Waals surface area (Å²) >= 11 is 0. The molecule has 1 aromatic heterocycles. The van der Waals surface area contributed by atoms with Gasteiger partial charge in [0.1, 0.15) is 11.9 Å². The highest BCUT2D eigenvalue weighted by atomic mass is 16.5. The number of piperidine rings is 1. The van der Waals surface area contributed by atoms with Crippen LogP contribution in [0.25, 0.3) is 0 Å². The molecule has 1 aliphatic heterocycles. The maximum Gasteiger partial charge on any atom is 0.306 e. The van der Waals surface area contributed by atoms with E-state index in [1.165, 1.54) is 0 Å². The summed E-state index contributed by atoms with van der Waals surface area (Å²) in [4.78, 5) is 14.3. The minimum absolute atomic E-state index is 0.00781. The van der Waals surface area contributed by atoms with E-state index in [1.54, 1.807) is 6.26 Å². The lowest BCUT2D eigenvalue weighted by Crippen LogP contribution is -2.37. The predicted molar refractivity (Wildman–Crippen MR) is 92.6 cm³/mol. The number of aryl methyl sites for hydroxylation is 1. The Morgan fingerprint density at radius 1 is 1.24 bits per heavy atom. The highest BCUT2D eigenvalue weighted by Gasteiger charge is 2.22. The second-order valence-electron chi connectivity index (χ2n) is 6.31. The van der Waals surface area contributed by atoms with Gasteiger partial charge in [-0.25, -0.2) is 0 Å². The molecule has 2 aromatic rings. The number of furan rings is 1. The zero-order valence-electron chi connectivity index (χ0n) is 14.2. The Morgan fingerprint density at radius 3 is 2.76 bits per heavy atom. The molecular weight excluding hydrogens is 316 g/mol. The number of nitriles is 1. The SMILES string of the molecule is N#Cc1ccccc1CN1CCC(OC(=O)CCc2ccco2)CC1. The predicted octanol–water partition coefficient (Wildman–Crippen LogP) is 3.29. The van der Waals surface area contributed by atoms with E-state index in [9.17, 15) is 10.1 Å². The van der Waals surface area contributed by atoms with Crippen LogP contribution in [0.15, 0.2) is 47.1 Å². The maximum atomic E-state index is 11.9. The van der Waals surface area contributed by atoms with E-state index in [0.717, 1.165) is 49.4 Å². The van der Waals surface area contributed by atoms with Crippen molar-refractivity contribution in [1.82, 2.24) is 4.90 Å². The Labute approximate surface area is 147 Å². The lowest BCUT2D eigenvalue weighted by molar-refractivity contribution is -0.151. The summed E-state index contributed by atoms with van der Waals surface area (Å²) in [5.74, 6) is 0.646. The molecule has 1 fully saturated rings. The first-order valence-corrected chi connectivity index (χ1v) is 8.67. The van der Waals surface area contributed by atoms with Gasteiger partial charge in [0.15, 0.2) is 0 Å². The van der Waals surface area contributed by atoms with Crippen LogP contribution in [0.1, 0.15) is 36.1 Å². The fourth-order valence-corrected chi connectivity index (χ4v) is 3.12. The smallest absolute Gasteiger partial charge is 0.306 e. The number of nitrogens with zero attached hydrogens (tertiary/aromatic N) is 2. The van der Waals surface area contributed by atoms with Crippen molar-refractivity contribution in [2.45, 2.75) is 38.3 Å². The Balaban J connectivity index is 1.41. The van der Waals surface area contributed by atoms with Gasteiger partial charge in [0.25, 0.3) is 0 Å². The highest BCUT2D eigenvalue weighted by molar-refractivity contribution is 5.69. The number of likely N-dealkylation sites (tertiary alicyclic amines) is 1. The molecule has 3 rings (SSSR count). The minimum Gasteiger partial charge on any atom is -0.469 e. The van der Waals surface area contributed by atoms with Gasteiger partial charge in [-0.2, -0.15) is 5.26 Å². The van der Waals surface area contributed by atoms with Crippen LogP contribution in [0.5, 0.6) is 0 Å². The van der Waals surface area contributed by atoms with E-state index in [4.69, 9.17) is 9.15 Å². The average Bonchev–Trinajstić information content (AvgIpc) is 3.16. The van der Waals surface area contributed by atoms with Crippen molar-refractivity contribution in [2.24, 2.45) is 0 Å². The highest BCUT2D eigenvalue weighted by Crippen LogP contribution is 2.18. The molecule has 0 bridgehead atoms. The molecule has 5 heteroatoms. The quantitative estimate of drug-likeness (QED) is 0.756. The third-order valence-corrected chi connectivity index (χ3v) is 4.52. The molecular formula is C20H22N2O3. The molecule has 0 aliphatic carbocycles. The molecule has 1 aliphatic rings. The molecule has 2 heterocycles. The summed E-state index contributed by atoms with van der Waals surface area (Å²) in [6, 6.07) is 13.6. The Kier molecular flexibility index (Phi) is 5.86. The van der Waals surface area contributed by atoms with Crippen LogP contribution in [0.4, 0.5) is 0 Å². The zero-order valence-corrected chi connectivity index (χ0v) is 14.2. The number of carbonyl (C=O) groups excluding carboxylic acids is 1. The van der Waals surface area contributed by atoms with Gasteiger partial charge in [-0.1, -0.05) is 18.2 Å². The van der Waals surface area contributed by atoms with E-state index in [-0.39, 0.29) is 12.1 Å². The minimum atomic E-state index is -0.162. The van der Waals surface area contributed by atoms with E-state index < -0.39 is 0 Å². The maximum absolute atomic E-state index is 11.9. The van der Waals surface area contributed by atoms with Gasteiger partial charge in [0.2, 0.25) is 0 Å². The van der Waals surface area contributed by atoms with Crippen LogP contribution in [-0.4, -0.2) is 30.1 Å². The molecule has 130 valence electrons. The fraction of sp³-hybridized carbons (Fsp3) is 0.400. The van der Waals surface area contributed by atoms with Gasteiger partial charge in [0.05, 0.1) is 24.3 Å². The van der Waals surface area contributed by atoms with Crippen molar-refractivity contribution >= 4 is 5.97 Å². The molecule has 0 unspecified atom stereocenters. The topological polar surface area (TPSA) is 66.5 Å². The molecule has 25 heavy (non-hydrogen) atoms. The van der Waals surface area contributed by atoms with Crippen molar-refractivity contribution < 1.29 is 13.9 Å². The summed E-state index contributed by atoms with van der Waals surface area (Å²) < 4.78 is 10.8. The molecule has 0 radical (unpaired) electrons. The summed E-state index contributed by atoms with van der Waals surface area (Å²) in [5, 5.41) is 9.18. The molecule has 0 spiro atoms. The molecule has 0 N–H and O–H groups in total. The van der Waals surface area contributed by atoms with Gasteiger partial charge in [0, 0.05) is 26.1 Å². The molecule has 0 amide bonds. The molecule has 1 saturated heterocycles. The van der Waals surface area contributed by atoms with Crippen LogP contribution in [0, 0.1) is 11.3 Å². The number of rotatable bonds is 6. The second kappa shape index (κ2) is 8.50. The van der Waals surface area contributed by atoms with Crippen LogP contribution in [-0.2, 0) is 22.5 Å². The van der Waals surface area contributed by atoms with E-state index in [1.807, 2.05) is 36.4 Å². The van der Waals surface area contributed by atoms with Gasteiger partial charge in [-0.3, -0.25) is 9.69 Å². The van der Waals surface area contributed by atoms with Crippen molar-refractivity contribution in [1.29, 1.82) is 5.26 Å². The number of hydrogen-bond donors (Lipinski definition) is 0. The first-order valence-electron chi connectivity index (χ1n) is 8.67. The third-order valence-electron chi connectivity index (χ3n) is 4.52. The lowest BCUT2D eigenvalue weighted by atomic mass is 10.0. The van der Waals surface area contributed by atoms with Crippen LogP contribution >= 0.6 is 0 Å². The summed E-state index contributed by atoms with van der Waals surface area (Å²) in [6.07, 6.45) is 4.20. The normalized spacial score (nSPS) is 15.6. The van der Waals surface area contributed by atoms with Gasteiger partial charge in [-0.15, -0.1) is 0 Å².